The maximum atomic E-state index is 14.5. The molecule has 1 aromatic carbocycles. The molecule has 2 aromatic rings. The minimum atomic E-state index is -0.609. The molecule has 3 aliphatic rings. The monoisotopic (exact) mass is 411 g/mol. The molecular formula is C20H22FN7O2. The first-order valence-electron chi connectivity index (χ1n) is 9.96. The fraction of sp³-hybridized carbons (Fsp3) is 0.400. The summed E-state index contributed by atoms with van der Waals surface area (Å²) in [6.45, 7) is 0. The van der Waals surface area contributed by atoms with Crippen molar-refractivity contribution in [2.24, 2.45) is 23.5 Å². The number of hydrogen-bond acceptors (Lipinski definition) is 7. The zero-order valence-corrected chi connectivity index (χ0v) is 16.1. The Morgan fingerprint density at radius 3 is 2.97 bits per heavy atom. The number of carbonyl (C=O) groups is 2. The van der Waals surface area contributed by atoms with E-state index in [0.29, 0.717) is 12.1 Å². The molecule has 2 heterocycles. The Labute approximate surface area is 172 Å². The van der Waals surface area contributed by atoms with Gasteiger partial charge in [0.25, 0.3) is 0 Å². The quantitative estimate of drug-likeness (QED) is 0.469. The van der Waals surface area contributed by atoms with Crippen LogP contribution in [0.5, 0.6) is 0 Å². The van der Waals surface area contributed by atoms with E-state index in [4.69, 9.17) is 5.73 Å². The molecular weight excluding hydrogens is 389 g/mol. The lowest BCUT2D eigenvalue weighted by molar-refractivity contribution is -0.124. The lowest BCUT2D eigenvalue weighted by Crippen LogP contribution is -2.54. The lowest BCUT2D eigenvalue weighted by Gasteiger charge is -2.35. The number of aromatic nitrogens is 2. The van der Waals surface area contributed by atoms with Crippen molar-refractivity contribution in [1.82, 2.24) is 20.8 Å². The van der Waals surface area contributed by atoms with E-state index < -0.39 is 17.6 Å². The Hall–Kier alpha value is -3.27. The number of nitrogens with one attached hydrogen (secondary N) is 4. The first kappa shape index (κ1) is 18.7. The molecule has 30 heavy (non-hydrogen) atoms. The predicted molar refractivity (Wildman–Crippen MR) is 107 cm³/mol. The summed E-state index contributed by atoms with van der Waals surface area (Å²) < 4.78 is 14.5. The van der Waals surface area contributed by atoms with Crippen LogP contribution in [0.25, 0.3) is 0 Å². The number of hydrogen-bond donors (Lipinski definition) is 5. The summed E-state index contributed by atoms with van der Waals surface area (Å²) in [7, 11) is 0. The van der Waals surface area contributed by atoms with Crippen molar-refractivity contribution in [3.05, 3.63) is 41.8 Å². The Balaban J connectivity index is 1.53. The van der Waals surface area contributed by atoms with Gasteiger partial charge in [-0.15, -0.1) is 0 Å². The third-order valence-electron chi connectivity index (χ3n) is 6.33. The molecule has 1 unspecified atom stereocenters. The number of fused-ring (bicyclic) bond motifs is 5. The molecule has 6 N–H and O–H groups in total. The van der Waals surface area contributed by atoms with Gasteiger partial charge in [0, 0.05) is 17.8 Å². The molecule has 1 aliphatic heterocycles. The highest BCUT2D eigenvalue weighted by molar-refractivity contribution is 5.80. The van der Waals surface area contributed by atoms with Crippen LogP contribution in [-0.4, -0.2) is 33.9 Å². The van der Waals surface area contributed by atoms with Gasteiger partial charge in [0.15, 0.2) is 11.6 Å². The zero-order valence-electron chi connectivity index (χ0n) is 16.1. The first-order chi connectivity index (χ1) is 14.5. The Morgan fingerprint density at radius 2 is 2.13 bits per heavy atom. The summed E-state index contributed by atoms with van der Waals surface area (Å²) in [5.41, 5.74) is 13.1. The molecule has 0 saturated heterocycles. The van der Waals surface area contributed by atoms with Crippen molar-refractivity contribution in [1.29, 1.82) is 0 Å². The van der Waals surface area contributed by atoms with Crippen LogP contribution >= 0.6 is 0 Å². The van der Waals surface area contributed by atoms with Gasteiger partial charge in [0.05, 0.1) is 18.5 Å². The lowest BCUT2D eigenvalue weighted by atomic mass is 9.81. The fourth-order valence-electron chi connectivity index (χ4n) is 5.11. The normalized spacial score (nSPS) is 29.8. The number of nitrogens with two attached hydrogens (primary N) is 1. The third-order valence-corrected chi connectivity index (χ3v) is 6.33. The first-order valence-corrected chi connectivity index (χ1v) is 9.96. The van der Waals surface area contributed by atoms with Crippen LogP contribution in [0, 0.1) is 23.6 Å². The number of benzene rings is 1. The Kier molecular flexibility index (Phi) is 4.50. The summed E-state index contributed by atoms with van der Waals surface area (Å²) in [6.07, 6.45) is 2.76. The number of rotatable bonds is 1. The fourth-order valence-corrected chi connectivity index (χ4v) is 5.11. The number of amides is 2. The number of anilines is 3. The van der Waals surface area contributed by atoms with Crippen LogP contribution in [0.15, 0.2) is 30.5 Å². The Bertz CT molecular complexity index is 1020. The van der Waals surface area contributed by atoms with Gasteiger partial charge in [0.1, 0.15) is 0 Å². The molecule has 0 spiro atoms. The minimum absolute atomic E-state index is 0.00949. The van der Waals surface area contributed by atoms with E-state index in [2.05, 4.69) is 31.5 Å². The van der Waals surface area contributed by atoms with Crippen molar-refractivity contribution >= 4 is 29.3 Å². The summed E-state index contributed by atoms with van der Waals surface area (Å²) in [4.78, 5) is 32.8. The van der Waals surface area contributed by atoms with Gasteiger partial charge in [0.2, 0.25) is 17.8 Å². The second-order valence-electron chi connectivity index (χ2n) is 8.18. The molecule has 0 radical (unpaired) electrons. The molecule has 156 valence electrons. The van der Waals surface area contributed by atoms with Gasteiger partial charge >= 0.3 is 0 Å². The Morgan fingerprint density at radius 1 is 1.27 bits per heavy atom. The second kappa shape index (κ2) is 7.21. The second-order valence-corrected chi connectivity index (χ2v) is 8.18. The standard InChI is InChI=1S/C20H22FN7O2/c21-13-8-23-20-24-11-3-1-2-9(4-11)5-15(29)28-27-14-7-10-6-12(14)17(16(10)18(22)30)25-19(13)26-20/h1-4,8,10,12,14,16-17,27H,5-7H2,(H2,22,30)(H,28,29)(H2,23,24,25,26)/t10-,12+,14?,16-,17+/m0/s1. The van der Waals surface area contributed by atoms with E-state index in [0.717, 1.165) is 18.2 Å². The largest absolute Gasteiger partial charge is 0.369 e. The topological polar surface area (TPSA) is 134 Å². The highest BCUT2D eigenvalue weighted by Gasteiger charge is 2.55. The zero-order chi connectivity index (χ0) is 20.8. The number of halogens is 1. The van der Waals surface area contributed by atoms with E-state index in [9.17, 15) is 14.0 Å². The highest BCUT2D eigenvalue weighted by atomic mass is 19.1. The molecule has 2 fully saturated rings. The highest BCUT2D eigenvalue weighted by Crippen LogP contribution is 2.49. The van der Waals surface area contributed by atoms with E-state index in [-0.39, 0.29) is 48.0 Å². The summed E-state index contributed by atoms with van der Waals surface area (Å²) in [5.74, 6) is -1.33. The van der Waals surface area contributed by atoms with Gasteiger partial charge in [-0.2, -0.15) is 4.98 Å². The molecule has 5 rings (SSSR count). The van der Waals surface area contributed by atoms with Crippen molar-refractivity contribution in [3.8, 4) is 0 Å². The van der Waals surface area contributed by atoms with Crippen LogP contribution in [0.3, 0.4) is 0 Å². The van der Waals surface area contributed by atoms with E-state index in [1.165, 1.54) is 0 Å². The average molecular weight is 411 g/mol. The van der Waals surface area contributed by atoms with Crippen molar-refractivity contribution in [2.45, 2.75) is 31.3 Å². The number of primary amides is 1. The summed E-state index contributed by atoms with van der Waals surface area (Å²) >= 11 is 0. The van der Waals surface area contributed by atoms with Crippen LogP contribution < -0.4 is 27.2 Å². The average Bonchev–Trinajstić information content (AvgIpc) is 3.27. The number of hydrazine groups is 1. The molecule has 5 atom stereocenters. The maximum Gasteiger partial charge on any atom is 0.238 e. The van der Waals surface area contributed by atoms with Crippen LogP contribution in [0.4, 0.5) is 21.8 Å². The third kappa shape index (κ3) is 3.32. The number of carbonyl (C=O) groups excluding carboxylic acids is 2. The molecule has 10 heteroatoms. The van der Waals surface area contributed by atoms with Crippen molar-refractivity contribution in [3.63, 3.8) is 0 Å². The van der Waals surface area contributed by atoms with Crippen LogP contribution in [-0.2, 0) is 16.0 Å². The SMILES string of the molecule is NC(=O)[C@H]1[C@@H]2CC3NNC(=O)Cc4cccc(c4)Nc4ncc(F)c(n4)N[C@@H]1[C@@H]3C2. The molecule has 2 aliphatic carbocycles. The molecule has 2 amide bonds. The molecule has 2 saturated carbocycles. The predicted octanol–water partition coefficient (Wildman–Crippen LogP) is 0.827. The minimum Gasteiger partial charge on any atom is -0.369 e. The van der Waals surface area contributed by atoms with Gasteiger partial charge in [-0.05, 0) is 42.4 Å². The van der Waals surface area contributed by atoms with E-state index in [1.807, 2.05) is 24.3 Å². The van der Waals surface area contributed by atoms with Crippen LogP contribution in [0.2, 0.25) is 0 Å². The van der Waals surface area contributed by atoms with E-state index in [1.54, 1.807) is 0 Å². The molecule has 1 aromatic heterocycles. The van der Waals surface area contributed by atoms with Crippen LogP contribution in [0.1, 0.15) is 18.4 Å². The van der Waals surface area contributed by atoms with Crippen molar-refractivity contribution < 1.29 is 14.0 Å². The summed E-state index contributed by atoms with van der Waals surface area (Å²) in [6, 6.07) is 6.86. The van der Waals surface area contributed by atoms with E-state index >= 15 is 0 Å². The molecule has 9 nitrogen and oxygen atoms in total. The van der Waals surface area contributed by atoms with Crippen molar-refractivity contribution in [2.75, 3.05) is 10.6 Å². The maximum absolute atomic E-state index is 14.5. The van der Waals surface area contributed by atoms with Gasteiger partial charge in [-0.3, -0.25) is 15.0 Å². The molecule has 6 bridgehead atoms. The summed E-state index contributed by atoms with van der Waals surface area (Å²) in [5, 5.41) is 6.15. The number of nitrogens with zero attached hydrogens (tertiary/aromatic N) is 2. The smallest absolute Gasteiger partial charge is 0.238 e. The van der Waals surface area contributed by atoms with Gasteiger partial charge in [-0.25, -0.2) is 14.8 Å². The van der Waals surface area contributed by atoms with Gasteiger partial charge in [-0.1, -0.05) is 12.1 Å². The van der Waals surface area contributed by atoms with Gasteiger partial charge < -0.3 is 16.4 Å².